The first-order valence-electron chi connectivity index (χ1n) is 9.56. The van der Waals surface area contributed by atoms with Gasteiger partial charge in [0.05, 0.1) is 21.6 Å². The number of carbonyl (C=O) groups excluding carboxylic acids is 1. The third-order valence-electron chi connectivity index (χ3n) is 4.66. The van der Waals surface area contributed by atoms with Crippen molar-refractivity contribution in [3.8, 4) is 5.75 Å². The molecule has 3 aromatic carbocycles. The lowest BCUT2D eigenvalue weighted by Gasteiger charge is -2.11. The quantitative estimate of drug-likeness (QED) is 0.235. The molecule has 0 saturated heterocycles. The van der Waals surface area contributed by atoms with E-state index in [1.165, 1.54) is 11.1 Å². The number of carbonyl (C=O) groups is 1. The molecule has 0 atom stereocenters. The molecule has 0 spiro atoms. The molecule has 0 radical (unpaired) electrons. The van der Waals surface area contributed by atoms with Crippen LogP contribution in [0.2, 0.25) is 0 Å². The number of benzene rings is 3. The maximum absolute atomic E-state index is 12.2. The van der Waals surface area contributed by atoms with Crippen molar-refractivity contribution in [2.24, 2.45) is 5.10 Å². The van der Waals surface area contributed by atoms with Crippen molar-refractivity contribution in [3.63, 3.8) is 0 Å². The summed E-state index contributed by atoms with van der Waals surface area (Å²) in [5.74, 6) is 0.547. The normalized spacial score (nSPS) is 11.0. The predicted molar refractivity (Wildman–Crippen MR) is 136 cm³/mol. The Morgan fingerprint density at radius 1 is 0.935 bits per heavy atom. The van der Waals surface area contributed by atoms with Gasteiger partial charge in [0.1, 0.15) is 12.4 Å². The first kappa shape index (κ1) is 23.7. The van der Waals surface area contributed by atoms with Crippen LogP contribution in [-0.2, 0) is 17.8 Å². The molecular formula is C24H21Br3N2O2. The zero-order valence-corrected chi connectivity index (χ0v) is 21.8. The second kappa shape index (κ2) is 11.1. The molecule has 0 heterocycles. The van der Waals surface area contributed by atoms with Crippen molar-refractivity contribution in [3.05, 3.63) is 95.8 Å². The summed E-state index contributed by atoms with van der Waals surface area (Å²) >= 11 is 10.5. The number of hydrazone groups is 1. The predicted octanol–water partition coefficient (Wildman–Crippen LogP) is 6.86. The van der Waals surface area contributed by atoms with Gasteiger partial charge in [-0.1, -0.05) is 46.3 Å². The van der Waals surface area contributed by atoms with E-state index in [9.17, 15) is 4.79 Å². The van der Waals surface area contributed by atoms with Crippen LogP contribution in [0.3, 0.4) is 0 Å². The van der Waals surface area contributed by atoms with Crippen LogP contribution < -0.4 is 10.2 Å². The first-order valence-corrected chi connectivity index (χ1v) is 11.9. The molecule has 0 aliphatic heterocycles. The van der Waals surface area contributed by atoms with E-state index in [1.807, 2.05) is 61.5 Å². The van der Waals surface area contributed by atoms with E-state index in [-0.39, 0.29) is 12.3 Å². The first-order chi connectivity index (χ1) is 14.8. The highest BCUT2D eigenvalue weighted by atomic mass is 79.9. The highest BCUT2D eigenvalue weighted by Crippen LogP contribution is 2.35. The molecule has 4 nitrogen and oxygen atoms in total. The summed E-state index contributed by atoms with van der Waals surface area (Å²) in [7, 11) is 0. The zero-order valence-electron chi connectivity index (χ0n) is 17.1. The van der Waals surface area contributed by atoms with Crippen LogP contribution in [0.15, 0.2) is 73.1 Å². The third-order valence-corrected chi connectivity index (χ3v) is 6.36. The van der Waals surface area contributed by atoms with Crippen LogP contribution in [0, 0.1) is 13.8 Å². The molecule has 1 amide bonds. The number of halogens is 3. The monoisotopic (exact) mass is 606 g/mol. The molecule has 0 bridgehead atoms. The van der Waals surface area contributed by atoms with E-state index in [0.717, 1.165) is 30.1 Å². The van der Waals surface area contributed by atoms with E-state index >= 15 is 0 Å². The summed E-state index contributed by atoms with van der Waals surface area (Å²) in [6, 6.07) is 17.8. The average Bonchev–Trinajstić information content (AvgIpc) is 2.71. The van der Waals surface area contributed by atoms with Gasteiger partial charge in [-0.2, -0.15) is 5.10 Å². The molecule has 3 rings (SSSR count). The summed E-state index contributed by atoms with van der Waals surface area (Å²) in [5, 5.41) is 4.08. The fraction of sp³-hybridized carbons (Fsp3) is 0.167. The Labute approximate surface area is 207 Å². The number of ether oxygens (including phenoxy) is 1. The van der Waals surface area contributed by atoms with Crippen LogP contribution in [-0.4, -0.2) is 12.1 Å². The number of hydrogen-bond donors (Lipinski definition) is 1. The SMILES string of the molecule is Cc1ccc(CC(=O)N/N=C\c2cc(Br)c(OCc3ccc(Br)cc3)c(Br)c2)cc1C. The molecule has 1 N–H and O–H groups in total. The minimum absolute atomic E-state index is 0.160. The van der Waals surface area contributed by atoms with Gasteiger partial charge in [-0.25, -0.2) is 5.43 Å². The topological polar surface area (TPSA) is 50.7 Å². The van der Waals surface area contributed by atoms with Gasteiger partial charge in [0.2, 0.25) is 5.91 Å². The summed E-state index contributed by atoms with van der Waals surface area (Å²) in [6.45, 7) is 4.54. The molecule has 7 heteroatoms. The highest BCUT2D eigenvalue weighted by Gasteiger charge is 2.09. The van der Waals surface area contributed by atoms with E-state index < -0.39 is 0 Å². The second-order valence-electron chi connectivity index (χ2n) is 7.12. The number of amides is 1. The molecule has 31 heavy (non-hydrogen) atoms. The van der Waals surface area contributed by atoms with Crippen LogP contribution in [0.4, 0.5) is 0 Å². The summed E-state index contributed by atoms with van der Waals surface area (Å²) in [4.78, 5) is 12.2. The van der Waals surface area contributed by atoms with Gasteiger partial charge < -0.3 is 4.74 Å². The van der Waals surface area contributed by atoms with Crippen LogP contribution in [0.5, 0.6) is 5.75 Å². The lowest BCUT2D eigenvalue weighted by Crippen LogP contribution is -2.19. The Hall–Kier alpha value is -1.96. The molecule has 0 aromatic heterocycles. The molecule has 0 unspecified atom stereocenters. The maximum atomic E-state index is 12.2. The van der Waals surface area contributed by atoms with Crippen LogP contribution in [0.25, 0.3) is 0 Å². The maximum Gasteiger partial charge on any atom is 0.244 e. The van der Waals surface area contributed by atoms with Crippen molar-refractivity contribution < 1.29 is 9.53 Å². The van der Waals surface area contributed by atoms with Crippen molar-refractivity contribution in [1.82, 2.24) is 5.43 Å². The molecule has 0 saturated carbocycles. The Bertz CT molecular complexity index is 1090. The molecular weight excluding hydrogens is 588 g/mol. The van der Waals surface area contributed by atoms with Gasteiger partial charge in [-0.05, 0) is 97.8 Å². The fourth-order valence-electron chi connectivity index (χ4n) is 2.85. The van der Waals surface area contributed by atoms with Crippen molar-refractivity contribution >= 4 is 59.9 Å². The highest BCUT2D eigenvalue weighted by molar-refractivity contribution is 9.11. The number of nitrogens with one attached hydrogen (secondary N) is 1. The molecule has 3 aromatic rings. The van der Waals surface area contributed by atoms with E-state index in [0.29, 0.717) is 12.4 Å². The summed E-state index contributed by atoms with van der Waals surface area (Å²) in [5.41, 5.74) is 7.82. The van der Waals surface area contributed by atoms with Gasteiger partial charge in [0.25, 0.3) is 0 Å². The Morgan fingerprint density at radius 3 is 2.23 bits per heavy atom. The number of hydrogen-bond acceptors (Lipinski definition) is 3. The van der Waals surface area contributed by atoms with Crippen molar-refractivity contribution in [2.75, 3.05) is 0 Å². The Balaban J connectivity index is 1.58. The van der Waals surface area contributed by atoms with Gasteiger partial charge in [-0.15, -0.1) is 0 Å². The lowest BCUT2D eigenvalue weighted by molar-refractivity contribution is -0.120. The Kier molecular flexibility index (Phi) is 8.46. The zero-order chi connectivity index (χ0) is 22.4. The molecule has 0 fully saturated rings. The van der Waals surface area contributed by atoms with Gasteiger partial charge in [0, 0.05) is 4.47 Å². The molecule has 0 aliphatic rings. The minimum atomic E-state index is -0.160. The fourth-order valence-corrected chi connectivity index (χ4v) is 4.56. The third kappa shape index (κ3) is 7.02. The van der Waals surface area contributed by atoms with Crippen LogP contribution in [0.1, 0.15) is 27.8 Å². The lowest BCUT2D eigenvalue weighted by atomic mass is 10.0. The average molecular weight is 609 g/mol. The van der Waals surface area contributed by atoms with Gasteiger partial charge >= 0.3 is 0 Å². The number of nitrogens with zero attached hydrogens (tertiary/aromatic N) is 1. The van der Waals surface area contributed by atoms with E-state index in [2.05, 4.69) is 65.2 Å². The number of rotatable bonds is 7. The van der Waals surface area contributed by atoms with E-state index in [1.54, 1.807) is 6.21 Å². The van der Waals surface area contributed by atoms with E-state index in [4.69, 9.17) is 4.74 Å². The number of aryl methyl sites for hydroxylation is 2. The summed E-state index contributed by atoms with van der Waals surface area (Å²) < 4.78 is 8.57. The smallest absolute Gasteiger partial charge is 0.244 e. The minimum Gasteiger partial charge on any atom is -0.487 e. The van der Waals surface area contributed by atoms with Crippen LogP contribution >= 0.6 is 47.8 Å². The largest absolute Gasteiger partial charge is 0.487 e. The second-order valence-corrected chi connectivity index (χ2v) is 9.74. The molecule has 0 aliphatic carbocycles. The van der Waals surface area contributed by atoms with Crippen molar-refractivity contribution in [1.29, 1.82) is 0 Å². The standard InChI is InChI=1S/C24H21Br3N2O2/c1-15-3-4-18(9-16(15)2)12-23(30)29-28-13-19-10-21(26)24(22(27)11-19)31-14-17-5-7-20(25)8-6-17/h3-11,13H,12,14H2,1-2H3,(H,29,30)/b28-13-. The Morgan fingerprint density at radius 2 is 1.58 bits per heavy atom. The van der Waals surface area contributed by atoms with Gasteiger partial charge in [0.15, 0.2) is 0 Å². The van der Waals surface area contributed by atoms with Gasteiger partial charge in [-0.3, -0.25) is 4.79 Å². The molecule has 160 valence electrons. The summed E-state index contributed by atoms with van der Waals surface area (Å²) in [6.07, 6.45) is 1.89. The van der Waals surface area contributed by atoms with Crippen molar-refractivity contribution in [2.45, 2.75) is 26.9 Å².